The van der Waals surface area contributed by atoms with E-state index in [0.29, 0.717) is 13.1 Å². The van der Waals surface area contributed by atoms with Gasteiger partial charge >= 0.3 is 6.09 Å². The van der Waals surface area contributed by atoms with E-state index in [1.165, 1.54) is 4.90 Å². The molecule has 2 aromatic rings. The Morgan fingerprint density at radius 3 is 2.57 bits per heavy atom. The summed E-state index contributed by atoms with van der Waals surface area (Å²) in [6.07, 6.45) is -0.468. The summed E-state index contributed by atoms with van der Waals surface area (Å²) in [6.45, 7) is 6.94. The number of piperazine rings is 1. The normalized spacial score (nSPS) is 16.2. The number of amides is 2. The molecule has 4 rings (SSSR count). The molecule has 0 N–H and O–H groups in total. The molecule has 7 heteroatoms. The number of methoxy groups -OCH3 is 1. The van der Waals surface area contributed by atoms with E-state index in [0.717, 1.165) is 46.9 Å². The van der Waals surface area contributed by atoms with Crippen LogP contribution in [0.2, 0.25) is 0 Å². The van der Waals surface area contributed by atoms with Crippen LogP contribution in [0.1, 0.15) is 16.7 Å². The van der Waals surface area contributed by atoms with E-state index in [1.807, 2.05) is 49.1 Å². The summed E-state index contributed by atoms with van der Waals surface area (Å²) in [5.41, 5.74) is 4.98. The van der Waals surface area contributed by atoms with E-state index in [4.69, 9.17) is 9.47 Å². The van der Waals surface area contributed by atoms with Crippen molar-refractivity contribution in [2.45, 2.75) is 20.5 Å². The summed E-state index contributed by atoms with van der Waals surface area (Å²) < 4.78 is 10.7. The largest absolute Gasteiger partial charge is 0.496 e. The number of carbonyl (C=O) groups excluding carboxylic acids is 2. The van der Waals surface area contributed by atoms with Gasteiger partial charge in [-0.2, -0.15) is 0 Å². The van der Waals surface area contributed by atoms with Gasteiger partial charge < -0.3 is 19.3 Å². The van der Waals surface area contributed by atoms with Crippen molar-refractivity contribution in [3.05, 3.63) is 53.1 Å². The second kappa shape index (κ2) is 8.26. The van der Waals surface area contributed by atoms with Crippen LogP contribution in [0.3, 0.4) is 0 Å². The monoisotopic (exact) mass is 409 g/mol. The molecule has 0 saturated carbocycles. The number of hydrogen-bond acceptors (Lipinski definition) is 5. The van der Waals surface area contributed by atoms with Gasteiger partial charge in [0.05, 0.1) is 12.8 Å². The number of fused-ring (bicyclic) bond motifs is 1. The molecule has 2 aliphatic heterocycles. The van der Waals surface area contributed by atoms with E-state index >= 15 is 0 Å². The molecule has 2 heterocycles. The number of cyclic esters (lactones) is 1. The molecule has 0 unspecified atom stereocenters. The van der Waals surface area contributed by atoms with Crippen molar-refractivity contribution >= 4 is 23.4 Å². The maximum absolute atomic E-state index is 12.9. The molecule has 7 nitrogen and oxygen atoms in total. The van der Waals surface area contributed by atoms with Crippen LogP contribution in [0, 0.1) is 13.8 Å². The van der Waals surface area contributed by atoms with Gasteiger partial charge in [-0.1, -0.05) is 23.8 Å². The molecule has 0 atom stereocenters. The Morgan fingerprint density at radius 2 is 1.83 bits per heavy atom. The number of anilines is 2. The molecule has 0 bridgehead atoms. The molecule has 1 fully saturated rings. The highest BCUT2D eigenvalue weighted by Gasteiger charge is 2.30. The standard InChI is InChI=1S/C23H27N3O4/c1-16-4-7-20-18(12-16)15-30-23(28)26(20)14-22(27)25-10-8-24(9-11-25)19-6-5-17(2)21(13-19)29-3/h4-7,12-13H,8-11,14-15H2,1-3H3. The Hall–Kier alpha value is -3.22. The molecule has 158 valence electrons. The van der Waals surface area contributed by atoms with Crippen LogP contribution in [-0.4, -0.2) is 56.7 Å². The number of carbonyl (C=O) groups is 2. The minimum absolute atomic E-state index is 0.00670. The highest BCUT2D eigenvalue weighted by molar-refractivity contribution is 5.96. The lowest BCUT2D eigenvalue weighted by atomic mass is 10.1. The van der Waals surface area contributed by atoms with Gasteiger partial charge in [-0.15, -0.1) is 0 Å². The minimum atomic E-state index is -0.468. The maximum Gasteiger partial charge on any atom is 0.415 e. The van der Waals surface area contributed by atoms with Gasteiger partial charge in [-0.05, 0) is 31.5 Å². The summed E-state index contributed by atoms with van der Waals surface area (Å²) in [4.78, 5) is 30.7. The van der Waals surface area contributed by atoms with E-state index in [-0.39, 0.29) is 19.1 Å². The number of nitrogens with zero attached hydrogens (tertiary/aromatic N) is 3. The van der Waals surface area contributed by atoms with Crippen LogP contribution in [0.5, 0.6) is 5.75 Å². The third-order valence-corrected chi connectivity index (χ3v) is 5.78. The molecule has 0 aromatic heterocycles. The quantitative estimate of drug-likeness (QED) is 0.777. The van der Waals surface area contributed by atoms with Gasteiger partial charge in [-0.3, -0.25) is 9.69 Å². The lowest BCUT2D eigenvalue weighted by Crippen LogP contribution is -2.52. The van der Waals surface area contributed by atoms with E-state index in [9.17, 15) is 9.59 Å². The third-order valence-electron chi connectivity index (χ3n) is 5.78. The van der Waals surface area contributed by atoms with Crippen molar-refractivity contribution in [3.63, 3.8) is 0 Å². The van der Waals surface area contributed by atoms with E-state index in [1.54, 1.807) is 7.11 Å². The highest BCUT2D eigenvalue weighted by Crippen LogP contribution is 2.29. The maximum atomic E-state index is 12.9. The van der Waals surface area contributed by atoms with Crippen molar-refractivity contribution in [3.8, 4) is 5.75 Å². The molecule has 2 aromatic carbocycles. The fourth-order valence-electron chi connectivity index (χ4n) is 4.01. The van der Waals surface area contributed by atoms with Crippen LogP contribution in [-0.2, 0) is 16.1 Å². The molecule has 30 heavy (non-hydrogen) atoms. The number of hydrogen-bond donors (Lipinski definition) is 0. The Bertz CT molecular complexity index is 967. The predicted molar refractivity (Wildman–Crippen MR) is 115 cm³/mol. The van der Waals surface area contributed by atoms with Gasteiger partial charge in [0, 0.05) is 43.5 Å². The third kappa shape index (κ3) is 3.92. The fraction of sp³-hybridized carbons (Fsp3) is 0.391. The van der Waals surface area contributed by atoms with Crippen molar-refractivity contribution in [1.29, 1.82) is 0 Å². The second-order valence-corrected chi connectivity index (χ2v) is 7.79. The molecular formula is C23H27N3O4. The molecule has 2 aliphatic rings. The van der Waals surface area contributed by atoms with Crippen molar-refractivity contribution < 1.29 is 19.1 Å². The topological polar surface area (TPSA) is 62.3 Å². The molecule has 0 spiro atoms. The fourth-order valence-corrected chi connectivity index (χ4v) is 4.01. The average molecular weight is 409 g/mol. The SMILES string of the molecule is COc1cc(N2CCN(C(=O)CN3C(=O)OCc4cc(C)ccc43)CC2)ccc1C. The first-order chi connectivity index (χ1) is 14.5. The Labute approximate surface area is 176 Å². The van der Waals surface area contributed by atoms with Crippen molar-refractivity contribution in [2.75, 3.05) is 49.6 Å². The first kappa shape index (κ1) is 20.1. The number of aryl methyl sites for hydroxylation is 2. The van der Waals surface area contributed by atoms with Crippen LogP contribution in [0.4, 0.5) is 16.2 Å². The first-order valence-electron chi connectivity index (χ1n) is 10.2. The van der Waals surface area contributed by atoms with Crippen LogP contribution < -0.4 is 14.5 Å². The summed E-state index contributed by atoms with van der Waals surface area (Å²) in [5, 5.41) is 0. The van der Waals surface area contributed by atoms with Gasteiger partial charge in [-0.25, -0.2) is 4.79 Å². The smallest absolute Gasteiger partial charge is 0.415 e. The van der Waals surface area contributed by atoms with E-state index in [2.05, 4.69) is 11.0 Å². The Kier molecular flexibility index (Phi) is 5.53. The summed E-state index contributed by atoms with van der Waals surface area (Å²) in [5.74, 6) is 0.796. The molecular weight excluding hydrogens is 382 g/mol. The zero-order chi connectivity index (χ0) is 21.3. The van der Waals surface area contributed by atoms with Crippen LogP contribution in [0.25, 0.3) is 0 Å². The van der Waals surface area contributed by atoms with Gasteiger partial charge in [0.1, 0.15) is 18.9 Å². The highest BCUT2D eigenvalue weighted by atomic mass is 16.6. The summed E-state index contributed by atoms with van der Waals surface area (Å²) in [7, 11) is 1.67. The Balaban J connectivity index is 1.40. The average Bonchev–Trinajstić information content (AvgIpc) is 2.76. The summed E-state index contributed by atoms with van der Waals surface area (Å²) in [6, 6.07) is 12.0. The number of ether oxygens (including phenoxy) is 2. The van der Waals surface area contributed by atoms with E-state index < -0.39 is 6.09 Å². The van der Waals surface area contributed by atoms with Crippen molar-refractivity contribution in [1.82, 2.24) is 4.90 Å². The number of rotatable bonds is 4. The lowest BCUT2D eigenvalue weighted by molar-refractivity contribution is -0.130. The molecule has 0 aliphatic carbocycles. The predicted octanol–water partition coefficient (Wildman–Crippen LogP) is 3.12. The van der Waals surface area contributed by atoms with Gasteiger partial charge in [0.15, 0.2) is 0 Å². The number of benzene rings is 2. The second-order valence-electron chi connectivity index (χ2n) is 7.79. The van der Waals surface area contributed by atoms with Crippen LogP contribution in [0.15, 0.2) is 36.4 Å². The Morgan fingerprint density at radius 1 is 1.07 bits per heavy atom. The molecule has 2 amide bonds. The lowest BCUT2D eigenvalue weighted by Gasteiger charge is -2.37. The van der Waals surface area contributed by atoms with Gasteiger partial charge in [0.2, 0.25) is 5.91 Å². The van der Waals surface area contributed by atoms with Crippen molar-refractivity contribution in [2.24, 2.45) is 0 Å². The summed E-state index contributed by atoms with van der Waals surface area (Å²) >= 11 is 0. The van der Waals surface area contributed by atoms with Crippen LogP contribution >= 0.6 is 0 Å². The molecule has 1 saturated heterocycles. The minimum Gasteiger partial charge on any atom is -0.496 e. The molecule has 0 radical (unpaired) electrons. The zero-order valence-corrected chi connectivity index (χ0v) is 17.7. The van der Waals surface area contributed by atoms with Gasteiger partial charge in [0.25, 0.3) is 0 Å². The zero-order valence-electron chi connectivity index (χ0n) is 17.7. The first-order valence-corrected chi connectivity index (χ1v) is 10.2.